The Hall–Kier alpha value is -2.17. The smallest absolute Gasteiger partial charge is 0.315 e. The first kappa shape index (κ1) is 15.9. The Bertz CT molecular complexity index is 460. The number of benzene rings is 1. The van der Waals surface area contributed by atoms with Crippen LogP contribution in [0.4, 0.5) is 4.79 Å². The fourth-order valence-corrected chi connectivity index (χ4v) is 1.78. The standard InChI is InChI=1S/C15H22N2O3/c1-4-6-12(5-2)17-15(19)16-10-11-7-8-13(18)14(9-11)20-3/h4,7-9,12,18H,1,5-6,10H2,2-3H3,(H2,16,17,19)/t12-/m1/s1. The van der Waals surface area contributed by atoms with Crippen LogP contribution in [0.2, 0.25) is 0 Å². The van der Waals surface area contributed by atoms with Crippen molar-refractivity contribution in [1.82, 2.24) is 10.6 Å². The van der Waals surface area contributed by atoms with Crippen LogP contribution in [0.25, 0.3) is 0 Å². The van der Waals surface area contributed by atoms with Crippen LogP contribution < -0.4 is 15.4 Å². The second-order valence-electron chi connectivity index (χ2n) is 4.46. The molecule has 2 amide bonds. The van der Waals surface area contributed by atoms with Crippen molar-refractivity contribution in [2.45, 2.75) is 32.4 Å². The van der Waals surface area contributed by atoms with Gasteiger partial charge in [-0.15, -0.1) is 6.58 Å². The first-order chi connectivity index (χ1) is 9.60. The number of aromatic hydroxyl groups is 1. The minimum atomic E-state index is -0.217. The van der Waals surface area contributed by atoms with Crippen LogP contribution in [0.15, 0.2) is 30.9 Å². The van der Waals surface area contributed by atoms with Crippen molar-refractivity contribution in [2.24, 2.45) is 0 Å². The molecule has 1 rings (SSSR count). The average Bonchev–Trinajstić information content (AvgIpc) is 2.45. The number of rotatable bonds is 7. The summed E-state index contributed by atoms with van der Waals surface area (Å²) in [7, 11) is 1.49. The van der Waals surface area contributed by atoms with Crippen molar-refractivity contribution in [1.29, 1.82) is 0 Å². The monoisotopic (exact) mass is 278 g/mol. The van der Waals surface area contributed by atoms with E-state index in [-0.39, 0.29) is 17.8 Å². The van der Waals surface area contributed by atoms with E-state index in [2.05, 4.69) is 17.2 Å². The molecule has 0 radical (unpaired) electrons. The Morgan fingerprint density at radius 2 is 2.30 bits per heavy atom. The third-order valence-corrected chi connectivity index (χ3v) is 2.98. The van der Waals surface area contributed by atoms with E-state index < -0.39 is 0 Å². The van der Waals surface area contributed by atoms with Gasteiger partial charge < -0.3 is 20.5 Å². The Morgan fingerprint density at radius 1 is 1.55 bits per heavy atom. The number of phenols is 1. The zero-order chi connectivity index (χ0) is 15.0. The number of methoxy groups -OCH3 is 1. The van der Waals surface area contributed by atoms with E-state index in [0.29, 0.717) is 12.3 Å². The molecule has 0 aliphatic rings. The van der Waals surface area contributed by atoms with Gasteiger partial charge in [0.15, 0.2) is 11.5 Å². The second kappa shape index (κ2) is 8.09. The molecular formula is C15H22N2O3. The first-order valence-corrected chi connectivity index (χ1v) is 6.61. The molecule has 1 atom stereocenters. The molecule has 0 aliphatic heterocycles. The quantitative estimate of drug-likeness (QED) is 0.671. The number of ether oxygens (including phenoxy) is 1. The molecule has 5 nitrogen and oxygen atoms in total. The Balaban J connectivity index is 2.50. The van der Waals surface area contributed by atoms with Crippen LogP contribution in [0.5, 0.6) is 11.5 Å². The zero-order valence-electron chi connectivity index (χ0n) is 12.0. The molecule has 0 unspecified atom stereocenters. The van der Waals surface area contributed by atoms with E-state index in [0.717, 1.165) is 18.4 Å². The number of hydrogen-bond acceptors (Lipinski definition) is 3. The van der Waals surface area contributed by atoms with Crippen molar-refractivity contribution < 1.29 is 14.6 Å². The molecule has 0 aromatic heterocycles. The van der Waals surface area contributed by atoms with Crippen LogP contribution in [0, 0.1) is 0 Å². The number of nitrogens with one attached hydrogen (secondary N) is 2. The summed E-state index contributed by atoms with van der Waals surface area (Å²) in [6.45, 7) is 6.05. The van der Waals surface area contributed by atoms with E-state index in [4.69, 9.17) is 4.74 Å². The first-order valence-electron chi connectivity index (χ1n) is 6.61. The molecular weight excluding hydrogens is 256 g/mol. The lowest BCUT2D eigenvalue weighted by atomic mass is 10.1. The van der Waals surface area contributed by atoms with Crippen LogP contribution >= 0.6 is 0 Å². The number of carbonyl (C=O) groups excluding carboxylic acids is 1. The average molecular weight is 278 g/mol. The van der Waals surface area contributed by atoms with Gasteiger partial charge in [-0.1, -0.05) is 19.1 Å². The summed E-state index contributed by atoms with van der Waals surface area (Å²) < 4.78 is 5.02. The van der Waals surface area contributed by atoms with Gasteiger partial charge in [-0.2, -0.15) is 0 Å². The highest BCUT2D eigenvalue weighted by atomic mass is 16.5. The highest BCUT2D eigenvalue weighted by molar-refractivity contribution is 5.74. The minimum absolute atomic E-state index is 0.0812. The number of urea groups is 1. The fourth-order valence-electron chi connectivity index (χ4n) is 1.78. The van der Waals surface area contributed by atoms with Crippen LogP contribution in [0.1, 0.15) is 25.3 Å². The molecule has 0 fully saturated rings. The summed E-state index contributed by atoms with van der Waals surface area (Å²) in [6, 6.07) is 4.85. The van der Waals surface area contributed by atoms with Crippen molar-refractivity contribution >= 4 is 6.03 Å². The maximum atomic E-state index is 11.7. The molecule has 0 saturated carbocycles. The lowest BCUT2D eigenvalue weighted by Crippen LogP contribution is -2.41. The van der Waals surface area contributed by atoms with Gasteiger partial charge in [0.1, 0.15) is 0 Å². The predicted octanol–water partition coefficient (Wildman–Crippen LogP) is 2.55. The molecule has 20 heavy (non-hydrogen) atoms. The summed E-state index contributed by atoms with van der Waals surface area (Å²) in [5, 5.41) is 15.1. The predicted molar refractivity (Wildman–Crippen MR) is 78.9 cm³/mol. The maximum absolute atomic E-state index is 11.7. The van der Waals surface area contributed by atoms with Crippen LogP contribution in [-0.2, 0) is 6.54 Å². The van der Waals surface area contributed by atoms with Gasteiger partial charge in [-0.05, 0) is 30.5 Å². The molecule has 0 aliphatic carbocycles. The van der Waals surface area contributed by atoms with Crippen LogP contribution in [-0.4, -0.2) is 24.3 Å². The van der Waals surface area contributed by atoms with E-state index in [1.54, 1.807) is 24.3 Å². The van der Waals surface area contributed by atoms with Crippen molar-refractivity contribution in [3.63, 3.8) is 0 Å². The Kier molecular flexibility index (Phi) is 6.43. The number of phenolic OH excluding ortho intramolecular Hbond substituents is 1. The minimum Gasteiger partial charge on any atom is -0.504 e. The van der Waals surface area contributed by atoms with E-state index in [1.807, 2.05) is 6.92 Å². The molecule has 0 saturated heterocycles. The molecule has 0 heterocycles. The Labute approximate surface area is 119 Å². The molecule has 1 aromatic carbocycles. The Morgan fingerprint density at radius 3 is 2.90 bits per heavy atom. The van der Waals surface area contributed by atoms with Crippen molar-refractivity contribution in [3.8, 4) is 11.5 Å². The van der Waals surface area contributed by atoms with Gasteiger partial charge in [0.05, 0.1) is 7.11 Å². The highest BCUT2D eigenvalue weighted by Gasteiger charge is 2.09. The number of hydrogen-bond donors (Lipinski definition) is 3. The van der Waals surface area contributed by atoms with Crippen LogP contribution in [0.3, 0.4) is 0 Å². The second-order valence-corrected chi connectivity index (χ2v) is 4.46. The normalized spacial score (nSPS) is 11.5. The van der Waals surface area contributed by atoms with E-state index >= 15 is 0 Å². The summed E-state index contributed by atoms with van der Waals surface area (Å²) >= 11 is 0. The molecule has 0 bridgehead atoms. The highest BCUT2D eigenvalue weighted by Crippen LogP contribution is 2.26. The lowest BCUT2D eigenvalue weighted by molar-refractivity contribution is 0.236. The van der Waals surface area contributed by atoms with Gasteiger partial charge in [0.2, 0.25) is 0 Å². The topological polar surface area (TPSA) is 70.6 Å². The third kappa shape index (κ3) is 4.84. The van der Waals surface area contributed by atoms with Crippen molar-refractivity contribution in [3.05, 3.63) is 36.4 Å². The van der Waals surface area contributed by atoms with Gasteiger partial charge in [-0.25, -0.2) is 4.79 Å². The SMILES string of the molecule is C=CC[C@@H](CC)NC(=O)NCc1ccc(O)c(OC)c1. The van der Waals surface area contributed by atoms with Gasteiger partial charge in [0.25, 0.3) is 0 Å². The summed E-state index contributed by atoms with van der Waals surface area (Å²) in [6.07, 6.45) is 3.39. The van der Waals surface area contributed by atoms with Gasteiger partial charge in [-0.3, -0.25) is 0 Å². The third-order valence-electron chi connectivity index (χ3n) is 2.98. The van der Waals surface area contributed by atoms with Crippen molar-refractivity contribution in [2.75, 3.05) is 7.11 Å². The summed E-state index contributed by atoms with van der Waals surface area (Å²) in [4.78, 5) is 11.7. The zero-order valence-corrected chi connectivity index (χ0v) is 12.0. The van der Waals surface area contributed by atoms with E-state index in [1.165, 1.54) is 7.11 Å². The molecule has 110 valence electrons. The molecule has 5 heteroatoms. The van der Waals surface area contributed by atoms with Gasteiger partial charge in [0, 0.05) is 12.6 Å². The summed E-state index contributed by atoms with van der Waals surface area (Å²) in [5.41, 5.74) is 0.853. The van der Waals surface area contributed by atoms with Gasteiger partial charge >= 0.3 is 6.03 Å². The molecule has 0 spiro atoms. The molecule has 1 aromatic rings. The molecule has 3 N–H and O–H groups in total. The number of carbonyl (C=O) groups is 1. The maximum Gasteiger partial charge on any atom is 0.315 e. The largest absolute Gasteiger partial charge is 0.504 e. The number of amides is 2. The summed E-state index contributed by atoms with van der Waals surface area (Å²) in [5.74, 6) is 0.473. The lowest BCUT2D eigenvalue weighted by Gasteiger charge is -2.16. The van der Waals surface area contributed by atoms with E-state index in [9.17, 15) is 9.90 Å². The fraction of sp³-hybridized carbons (Fsp3) is 0.400.